The van der Waals surface area contributed by atoms with Crippen molar-refractivity contribution in [3.63, 3.8) is 0 Å². The molecular weight excluding hydrogens is 647 g/mol. The predicted molar refractivity (Wildman–Crippen MR) is 170 cm³/mol. The van der Waals surface area contributed by atoms with Crippen LogP contribution in [-0.2, 0) is 8.65 Å². The first-order valence-electron chi connectivity index (χ1n) is 14.3. The predicted octanol–water partition coefficient (Wildman–Crippen LogP) is 8.41. The number of nitrogens with one attached hydrogen (secondary N) is 1. The summed E-state index contributed by atoms with van der Waals surface area (Å²) in [5, 5.41) is 8.69. The molecule has 0 aliphatic heterocycles. The number of benzene rings is 1. The molecule has 9 heteroatoms. The quantitative estimate of drug-likeness (QED) is 0.200. The molecule has 3 heterocycles. The van der Waals surface area contributed by atoms with E-state index in [-0.39, 0.29) is 10.1 Å². The van der Waals surface area contributed by atoms with Gasteiger partial charge >= 0.3 is 0 Å². The molecule has 41 heavy (non-hydrogen) atoms. The van der Waals surface area contributed by atoms with Crippen molar-refractivity contribution >= 4 is 49.1 Å². The van der Waals surface area contributed by atoms with Gasteiger partial charge in [-0.25, -0.2) is 18.9 Å². The number of nitrogen functional groups attached to an aromatic ring is 1. The van der Waals surface area contributed by atoms with Gasteiger partial charge in [0.05, 0.1) is 25.4 Å². The molecule has 3 aliphatic rings. The Morgan fingerprint density at radius 3 is 2.37 bits per heavy atom. The lowest BCUT2D eigenvalue weighted by molar-refractivity contribution is 0.628. The number of hydrogen-bond donors (Lipinski definition) is 2. The normalized spacial score (nSPS) is 19.5. The highest BCUT2D eigenvalue weighted by molar-refractivity contribution is 9.10. The smallest absolute Gasteiger partial charge is 0.223 e. The van der Waals surface area contributed by atoms with Crippen LogP contribution in [0.25, 0.3) is 28.0 Å². The standard InChI is InChI=1S/C32H31Br2FN6/c33-31(14-3-4-15-31)23-19-24(32(34)16-5-6-17-32)29(36)41-28(23)26(27(40-41)20-9-11-21(35)12-10-20)25-13-18-37-30(39-25)38-22-7-1-2-8-22/h5-6,9-13,16-19,22H,1-4,7-8,14-15,36H2,(H,37,38,39). The van der Waals surface area contributed by atoms with Crippen molar-refractivity contribution in [2.75, 3.05) is 11.1 Å². The van der Waals surface area contributed by atoms with E-state index in [0.717, 1.165) is 72.0 Å². The molecule has 0 spiro atoms. The van der Waals surface area contributed by atoms with Crippen molar-refractivity contribution in [2.45, 2.75) is 66.1 Å². The van der Waals surface area contributed by atoms with Crippen LogP contribution in [0.15, 0.2) is 66.9 Å². The highest BCUT2D eigenvalue weighted by Crippen LogP contribution is 2.53. The zero-order valence-corrected chi connectivity index (χ0v) is 25.8. The van der Waals surface area contributed by atoms with E-state index in [1.807, 2.05) is 22.7 Å². The Hall–Kier alpha value is -3.04. The number of allylic oxidation sites excluding steroid dienone is 4. The molecule has 2 saturated carbocycles. The monoisotopic (exact) mass is 676 g/mol. The minimum atomic E-state index is -0.530. The topological polar surface area (TPSA) is 81.1 Å². The molecule has 0 saturated heterocycles. The molecule has 4 aromatic rings. The average molecular weight is 678 g/mol. The molecule has 0 atom stereocenters. The van der Waals surface area contributed by atoms with E-state index < -0.39 is 4.32 Å². The number of pyridine rings is 1. The Bertz CT molecular complexity index is 1670. The molecule has 3 aliphatic carbocycles. The molecule has 0 bridgehead atoms. The number of alkyl halides is 2. The molecule has 3 N–H and O–H groups in total. The maximum absolute atomic E-state index is 14.0. The third-order valence-corrected chi connectivity index (χ3v) is 10.9. The summed E-state index contributed by atoms with van der Waals surface area (Å²) in [6, 6.07) is 11.0. The zero-order chi connectivity index (χ0) is 28.2. The molecule has 0 amide bonds. The summed E-state index contributed by atoms with van der Waals surface area (Å²) in [7, 11) is 0. The van der Waals surface area contributed by atoms with Gasteiger partial charge in [0.25, 0.3) is 0 Å². The number of aromatic nitrogens is 4. The number of rotatable bonds is 6. The number of nitrogens with zero attached hydrogens (tertiary/aromatic N) is 4. The molecule has 3 aromatic heterocycles. The first kappa shape index (κ1) is 26.8. The summed E-state index contributed by atoms with van der Waals surface area (Å²) in [6.45, 7) is 0. The summed E-state index contributed by atoms with van der Waals surface area (Å²) >= 11 is 8.13. The van der Waals surface area contributed by atoms with Crippen LogP contribution >= 0.6 is 31.9 Å². The fourth-order valence-corrected chi connectivity index (χ4v) is 8.08. The van der Waals surface area contributed by atoms with Crippen LogP contribution in [0.5, 0.6) is 0 Å². The Morgan fingerprint density at radius 1 is 0.951 bits per heavy atom. The highest BCUT2D eigenvalue weighted by atomic mass is 79.9. The average Bonchev–Trinajstić information content (AvgIpc) is 3.78. The van der Waals surface area contributed by atoms with Gasteiger partial charge in [-0.15, -0.1) is 0 Å². The van der Waals surface area contributed by atoms with E-state index in [1.165, 1.54) is 25.0 Å². The van der Waals surface area contributed by atoms with Crippen molar-refractivity contribution in [1.82, 2.24) is 19.6 Å². The van der Waals surface area contributed by atoms with Crippen molar-refractivity contribution in [3.05, 3.63) is 83.8 Å². The lowest BCUT2D eigenvalue weighted by Crippen LogP contribution is -2.21. The minimum absolute atomic E-state index is 0.237. The Balaban J connectivity index is 1.52. The van der Waals surface area contributed by atoms with Crippen LogP contribution in [-0.4, -0.2) is 25.6 Å². The van der Waals surface area contributed by atoms with E-state index in [2.05, 4.69) is 60.4 Å². The van der Waals surface area contributed by atoms with Gasteiger partial charge in [0.1, 0.15) is 17.3 Å². The lowest BCUT2D eigenvalue weighted by Gasteiger charge is -2.28. The third-order valence-electron chi connectivity index (χ3n) is 8.73. The van der Waals surface area contributed by atoms with Crippen molar-refractivity contribution in [2.24, 2.45) is 0 Å². The minimum Gasteiger partial charge on any atom is -0.383 e. The van der Waals surface area contributed by atoms with Gasteiger partial charge in [-0.1, -0.05) is 81.8 Å². The fraction of sp³-hybridized carbons (Fsp3) is 0.344. The second-order valence-electron chi connectivity index (χ2n) is 11.4. The first-order chi connectivity index (χ1) is 19.8. The van der Waals surface area contributed by atoms with Crippen molar-refractivity contribution < 1.29 is 4.39 Å². The van der Waals surface area contributed by atoms with Crippen LogP contribution in [0, 0.1) is 5.82 Å². The third kappa shape index (κ3) is 4.71. The summed E-state index contributed by atoms with van der Waals surface area (Å²) in [6.07, 6.45) is 19.0. The van der Waals surface area contributed by atoms with Crippen LogP contribution in [0.3, 0.4) is 0 Å². The van der Waals surface area contributed by atoms with Gasteiger partial charge in [-0.05, 0) is 67.6 Å². The second-order valence-corrected chi connectivity index (χ2v) is 14.2. The number of anilines is 2. The number of nitrogens with two attached hydrogens (primary N) is 1. The van der Waals surface area contributed by atoms with Gasteiger partial charge in [0, 0.05) is 23.4 Å². The van der Waals surface area contributed by atoms with Crippen molar-refractivity contribution in [1.29, 1.82) is 0 Å². The van der Waals surface area contributed by atoms with Gasteiger partial charge < -0.3 is 11.1 Å². The number of hydrogen-bond acceptors (Lipinski definition) is 5. The molecule has 0 unspecified atom stereocenters. The molecule has 0 radical (unpaired) electrons. The van der Waals surface area contributed by atoms with Gasteiger partial charge in [-0.3, -0.25) is 0 Å². The van der Waals surface area contributed by atoms with Crippen LogP contribution in [0.1, 0.15) is 62.5 Å². The van der Waals surface area contributed by atoms with E-state index >= 15 is 0 Å². The fourth-order valence-electron chi connectivity index (χ4n) is 6.59. The van der Waals surface area contributed by atoms with E-state index in [9.17, 15) is 4.39 Å². The lowest BCUT2D eigenvalue weighted by atomic mass is 9.89. The summed E-state index contributed by atoms with van der Waals surface area (Å²) < 4.78 is 15.1. The van der Waals surface area contributed by atoms with Gasteiger partial charge in [-0.2, -0.15) is 5.10 Å². The number of halogens is 3. The van der Waals surface area contributed by atoms with Crippen LogP contribution in [0.4, 0.5) is 16.2 Å². The molecule has 2 fully saturated rings. The molecule has 210 valence electrons. The Labute approximate surface area is 255 Å². The van der Waals surface area contributed by atoms with E-state index in [4.69, 9.17) is 15.8 Å². The summed E-state index contributed by atoms with van der Waals surface area (Å²) in [4.78, 5) is 9.59. The number of fused-ring (bicyclic) bond motifs is 1. The van der Waals surface area contributed by atoms with Gasteiger partial charge in [0.15, 0.2) is 0 Å². The Kier molecular flexibility index (Phi) is 6.77. The molecule has 7 rings (SSSR count). The van der Waals surface area contributed by atoms with E-state index in [0.29, 0.717) is 23.5 Å². The van der Waals surface area contributed by atoms with Crippen LogP contribution < -0.4 is 11.1 Å². The second kappa shape index (κ2) is 10.3. The first-order valence-corrected chi connectivity index (χ1v) is 15.9. The molecular formula is C32H31Br2FN6. The summed E-state index contributed by atoms with van der Waals surface area (Å²) in [5.41, 5.74) is 13.1. The molecule has 1 aromatic carbocycles. The highest BCUT2D eigenvalue weighted by Gasteiger charge is 2.40. The van der Waals surface area contributed by atoms with E-state index in [1.54, 1.807) is 18.3 Å². The molecule has 6 nitrogen and oxygen atoms in total. The van der Waals surface area contributed by atoms with Gasteiger partial charge in [0.2, 0.25) is 5.95 Å². The SMILES string of the molecule is Nc1c(C2(Br)C=CC=C2)cc(C2(Br)CCCC2)c2c(-c3ccnc(NC4CCCC4)n3)c(-c3ccc(F)cc3)nn12. The zero-order valence-electron chi connectivity index (χ0n) is 22.6. The Morgan fingerprint density at radius 2 is 1.66 bits per heavy atom. The summed E-state index contributed by atoms with van der Waals surface area (Å²) in [5.74, 6) is 0.858. The maximum Gasteiger partial charge on any atom is 0.223 e. The van der Waals surface area contributed by atoms with Crippen LogP contribution in [0.2, 0.25) is 0 Å². The van der Waals surface area contributed by atoms with Crippen molar-refractivity contribution in [3.8, 4) is 22.5 Å². The maximum atomic E-state index is 14.0. The largest absolute Gasteiger partial charge is 0.383 e.